The lowest BCUT2D eigenvalue weighted by Crippen LogP contribution is -2.44. The minimum absolute atomic E-state index is 0.119. The van der Waals surface area contributed by atoms with Gasteiger partial charge < -0.3 is 9.64 Å². The van der Waals surface area contributed by atoms with E-state index in [0.29, 0.717) is 28.2 Å². The molecule has 4 aliphatic rings. The van der Waals surface area contributed by atoms with E-state index in [9.17, 15) is 9.59 Å². The van der Waals surface area contributed by atoms with Gasteiger partial charge in [-0.3, -0.25) is 9.59 Å². The highest BCUT2D eigenvalue weighted by Gasteiger charge is 2.40. The average molecular weight is 492 g/mol. The summed E-state index contributed by atoms with van der Waals surface area (Å²) in [4.78, 5) is 28.7. The fourth-order valence-electron chi connectivity index (χ4n) is 6.14. The lowest BCUT2D eigenvalue weighted by Gasteiger charge is -2.48. The summed E-state index contributed by atoms with van der Waals surface area (Å²) in [5, 5.41) is 0. The van der Waals surface area contributed by atoms with Gasteiger partial charge in [0.25, 0.3) is 0 Å². The van der Waals surface area contributed by atoms with Crippen LogP contribution >= 0.6 is 0 Å². The van der Waals surface area contributed by atoms with Crippen LogP contribution in [0, 0.1) is 0 Å². The number of rotatable bonds is 2. The predicted molar refractivity (Wildman–Crippen MR) is 148 cm³/mol. The topological polar surface area (TPSA) is 46.6 Å². The molecule has 4 nitrogen and oxygen atoms in total. The van der Waals surface area contributed by atoms with E-state index in [-0.39, 0.29) is 28.0 Å². The molecule has 0 fully saturated rings. The Kier molecular flexibility index (Phi) is 5.24. The van der Waals surface area contributed by atoms with Crippen molar-refractivity contribution in [1.29, 1.82) is 0 Å². The fourth-order valence-corrected chi connectivity index (χ4v) is 6.14. The van der Waals surface area contributed by atoms with Gasteiger partial charge in [-0.2, -0.15) is 0 Å². The molecule has 0 aromatic heterocycles. The molecule has 0 atom stereocenters. The average Bonchev–Trinajstić information content (AvgIpc) is 3.11. The molecule has 0 amide bonds. The number of fused-ring (bicyclic) bond motifs is 1. The number of ether oxygens (including phenoxy) is 1. The normalized spacial score (nSPS) is 21.5. The maximum Gasteiger partial charge on any atom is 0.198 e. The Morgan fingerprint density at radius 2 is 1.41 bits per heavy atom. The highest BCUT2D eigenvalue weighted by Crippen LogP contribution is 2.49. The van der Waals surface area contributed by atoms with E-state index in [2.05, 4.69) is 50.8 Å². The molecule has 0 N–H and O–H groups in total. The monoisotopic (exact) mass is 491 g/mol. The van der Waals surface area contributed by atoms with Crippen molar-refractivity contribution in [1.82, 2.24) is 0 Å². The Labute approximate surface area is 219 Å². The van der Waals surface area contributed by atoms with Crippen LogP contribution < -0.4 is 4.90 Å². The minimum Gasteiger partial charge on any atom is -0.462 e. The van der Waals surface area contributed by atoms with Crippen molar-refractivity contribution in [3.63, 3.8) is 0 Å². The molecule has 0 radical (unpaired) electrons. The molecule has 37 heavy (non-hydrogen) atoms. The van der Waals surface area contributed by atoms with Crippen LogP contribution in [0.15, 0.2) is 77.3 Å². The summed E-state index contributed by atoms with van der Waals surface area (Å²) >= 11 is 0. The maximum atomic E-state index is 13.1. The molecule has 3 aliphatic heterocycles. The van der Waals surface area contributed by atoms with Gasteiger partial charge in [0.2, 0.25) is 0 Å². The molecule has 6 rings (SSSR count). The third-order valence-electron chi connectivity index (χ3n) is 8.45. The van der Waals surface area contributed by atoms with Crippen molar-refractivity contribution in [2.24, 2.45) is 0 Å². The number of Topliss-reactive ketones (excluding diaryl/α,β-unsaturated/α-hetero) is 2. The number of carbonyl (C=O) groups is 2. The van der Waals surface area contributed by atoms with E-state index in [4.69, 9.17) is 4.74 Å². The van der Waals surface area contributed by atoms with Crippen LogP contribution in [0.2, 0.25) is 0 Å². The Morgan fingerprint density at radius 3 is 1.97 bits per heavy atom. The molecule has 0 saturated carbocycles. The zero-order valence-corrected chi connectivity index (χ0v) is 22.3. The fraction of sp³-hybridized carbons (Fsp3) is 0.333. The second-order valence-electron chi connectivity index (χ2n) is 12.0. The highest BCUT2D eigenvalue weighted by atomic mass is 16.5. The van der Waals surface area contributed by atoms with Crippen LogP contribution in [0.5, 0.6) is 0 Å². The number of ketones is 2. The Hall–Kier alpha value is -3.66. The number of nitrogens with zero attached hydrogens (tertiary/aromatic N) is 1. The van der Waals surface area contributed by atoms with Crippen LogP contribution in [-0.4, -0.2) is 24.7 Å². The second-order valence-corrected chi connectivity index (χ2v) is 12.0. The first kappa shape index (κ1) is 23.7. The van der Waals surface area contributed by atoms with Gasteiger partial charge in [0.05, 0.1) is 5.57 Å². The van der Waals surface area contributed by atoms with Crippen molar-refractivity contribution in [2.75, 3.05) is 18.0 Å². The molecule has 0 unspecified atom stereocenters. The van der Waals surface area contributed by atoms with Gasteiger partial charge in [-0.05, 0) is 83.2 Å². The van der Waals surface area contributed by atoms with E-state index in [1.807, 2.05) is 13.0 Å². The number of benzene rings is 2. The summed E-state index contributed by atoms with van der Waals surface area (Å²) in [5.41, 5.74) is 7.42. The van der Waals surface area contributed by atoms with Gasteiger partial charge in [-0.1, -0.05) is 58.0 Å². The summed E-state index contributed by atoms with van der Waals surface area (Å²) in [6.07, 6.45) is 9.91. The predicted octanol–water partition coefficient (Wildman–Crippen LogP) is 7.06. The van der Waals surface area contributed by atoms with Crippen molar-refractivity contribution in [3.8, 4) is 0 Å². The van der Waals surface area contributed by atoms with Crippen LogP contribution in [0.25, 0.3) is 6.08 Å². The summed E-state index contributed by atoms with van der Waals surface area (Å²) < 4.78 is 6.00. The number of anilines is 1. The standard InChI is InChI=1S/C33H33NO3/c1-20-16-22(28-30(35)24-8-6-7-9-25(24)31(28)36)19-23(37-20)11-10-21-17-26-29-27(18-21)33(4,5)13-15-34(29)14-12-32(26,2)3/h6-11,16-19H,12-15H2,1-5H3/b11-10+. The van der Waals surface area contributed by atoms with Gasteiger partial charge in [0, 0.05) is 29.9 Å². The quantitative estimate of drug-likeness (QED) is 0.333. The lowest BCUT2D eigenvalue weighted by molar-refractivity contribution is 0.0987. The minimum atomic E-state index is -0.219. The first-order valence-electron chi connectivity index (χ1n) is 13.2. The van der Waals surface area contributed by atoms with E-state index < -0.39 is 0 Å². The van der Waals surface area contributed by atoms with Crippen LogP contribution in [-0.2, 0) is 15.6 Å². The SMILES string of the molecule is CC1=CC(=C2C(=O)c3ccccc3C2=O)C=C(/C=C/c2cc3c4c(c2)C(C)(C)CCN4CCC3(C)C)O1. The van der Waals surface area contributed by atoms with Crippen molar-refractivity contribution in [3.05, 3.63) is 105 Å². The molecule has 3 heterocycles. The Bertz CT molecular complexity index is 1420. The second kappa shape index (κ2) is 8.17. The third kappa shape index (κ3) is 3.81. The first-order chi connectivity index (χ1) is 17.5. The number of hydrogen-bond donors (Lipinski definition) is 0. The smallest absolute Gasteiger partial charge is 0.198 e. The highest BCUT2D eigenvalue weighted by molar-refractivity contribution is 6.40. The summed E-state index contributed by atoms with van der Waals surface area (Å²) in [5.74, 6) is 0.832. The molecule has 0 bridgehead atoms. The van der Waals surface area contributed by atoms with Gasteiger partial charge in [0.1, 0.15) is 11.5 Å². The van der Waals surface area contributed by atoms with Crippen LogP contribution in [0.4, 0.5) is 5.69 Å². The van der Waals surface area contributed by atoms with Crippen molar-refractivity contribution >= 4 is 23.3 Å². The Morgan fingerprint density at radius 1 is 0.838 bits per heavy atom. The molecule has 0 spiro atoms. The number of hydrogen-bond acceptors (Lipinski definition) is 4. The summed E-state index contributed by atoms with van der Waals surface area (Å²) in [7, 11) is 0. The largest absolute Gasteiger partial charge is 0.462 e. The zero-order chi connectivity index (χ0) is 26.1. The molecule has 1 aliphatic carbocycles. The summed E-state index contributed by atoms with van der Waals surface area (Å²) in [6.45, 7) is 13.5. The van der Waals surface area contributed by atoms with Gasteiger partial charge >= 0.3 is 0 Å². The van der Waals surface area contributed by atoms with E-state index in [1.165, 1.54) is 16.8 Å². The molecule has 4 heteroatoms. The molecular formula is C33H33NO3. The number of allylic oxidation sites excluding steroid dienone is 6. The maximum absolute atomic E-state index is 13.1. The Balaban J connectivity index is 1.40. The van der Waals surface area contributed by atoms with Crippen molar-refractivity contribution < 1.29 is 14.3 Å². The molecule has 2 aromatic carbocycles. The summed E-state index contributed by atoms with van der Waals surface area (Å²) in [6, 6.07) is 11.7. The van der Waals surface area contributed by atoms with Gasteiger partial charge in [-0.15, -0.1) is 0 Å². The number of carbonyl (C=O) groups excluding carboxylic acids is 2. The molecule has 188 valence electrons. The van der Waals surface area contributed by atoms with E-state index >= 15 is 0 Å². The van der Waals surface area contributed by atoms with Gasteiger partial charge in [-0.25, -0.2) is 0 Å². The van der Waals surface area contributed by atoms with E-state index in [1.54, 1.807) is 36.4 Å². The van der Waals surface area contributed by atoms with Gasteiger partial charge in [0.15, 0.2) is 11.6 Å². The van der Waals surface area contributed by atoms with Crippen molar-refractivity contribution in [2.45, 2.75) is 58.3 Å². The van der Waals surface area contributed by atoms with E-state index in [0.717, 1.165) is 31.5 Å². The zero-order valence-electron chi connectivity index (χ0n) is 22.3. The first-order valence-corrected chi connectivity index (χ1v) is 13.2. The third-order valence-corrected chi connectivity index (χ3v) is 8.45. The molecule has 2 aromatic rings. The van der Waals surface area contributed by atoms with Crippen LogP contribution in [0.1, 0.15) is 84.9 Å². The lowest BCUT2D eigenvalue weighted by atomic mass is 9.69. The van der Waals surface area contributed by atoms with Crippen LogP contribution in [0.3, 0.4) is 0 Å². The molecule has 0 saturated heterocycles. The molecular weight excluding hydrogens is 458 g/mol.